The predicted octanol–water partition coefficient (Wildman–Crippen LogP) is 3.55. The molecular weight excluding hydrogens is 257 g/mol. The Kier molecular flexibility index (Phi) is 4.45. The second-order valence-corrected chi connectivity index (χ2v) is 4.57. The first kappa shape index (κ1) is 14.2. The third kappa shape index (κ3) is 3.20. The molecule has 2 rings (SSSR count). The number of hydrogen-bond acceptors (Lipinski definition) is 3. The van der Waals surface area contributed by atoms with Gasteiger partial charge in [0.15, 0.2) is 5.78 Å². The van der Waals surface area contributed by atoms with E-state index in [2.05, 4.69) is 4.98 Å². The first-order valence-corrected chi connectivity index (χ1v) is 6.50. The van der Waals surface area contributed by atoms with E-state index in [-0.39, 0.29) is 5.56 Å². The van der Waals surface area contributed by atoms with Gasteiger partial charge in [0.25, 0.3) is 0 Å². The summed E-state index contributed by atoms with van der Waals surface area (Å²) < 4.78 is 19.2. The summed E-state index contributed by atoms with van der Waals surface area (Å²) in [6.45, 7) is 4.32. The molecule has 0 radical (unpaired) electrons. The zero-order chi connectivity index (χ0) is 14.5. The molecule has 1 heterocycles. The highest BCUT2D eigenvalue weighted by Gasteiger charge is 2.15. The van der Waals surface area contributed by atoms with Gasteiger partial charge in [-0.25, -0.2) is 4.39 Å². The van der Waals surface area contributed by atoms with E-state index in [0.717, 1.165) is 12.0 Å². The Hall–Kier alpha value is -2.23. The fourth-order valence-electron chi connectivity index (χ4n) is 1.80. The van der Waals surface area contributed by atoms with E-state index < -0.39 is 11.6 Å². The van der Waals surface area contributed by atoms with Crippen molar-refractivity contribution in [2.45, 2.75) is 20.3 Å². The summed E-state index contributed by atoms with van der Waals surface area (Å²) in [5, 5.41) is 0. The van der Waals surface area contributed by atoms with Crippen molar-refractivity contribution < 1.29 is 13.9 Å². The number of aromatic nitrogens is 1. The van der Waals surface area contributed by atoms with Crippen molar-refractivity contribution in [3.63, 3.8) is 0 Å². The molecule has 0 aliphatic heterocycles. The third-order valence-electron chi connectivity index (χ3n) is 2.82. The number of hydrogen-bond donors (Lipinski definition) is 0. The maximum Gasteiger partial charge on any atom is 0.197 e. The van der Waals surface area contributed by atoms with E-state index in [1.54, 1.807) is 19.1 Å². The maximum absolute atomic E-state index is 13.8. The van der Waals surface area contributed by atoms with Gasteiger partial charge in [-0.15, -0.1) is 0 Å². The molecule has 0 atom stereocenters. The van der Waals surface area contributed by atoms with Gasteiger partial charge in [0, 0.05) is 11.8 Å². The van der Waals surface area contributed by atoms with Crippen LogP contribution in [0.3, 0.4) is 0 Å². The number of pyridine rings is 1. The SMILES string of the molecule is CCCOc1cncc(C(=O)c2ccc(C)cc2F)c1. The summed E-state index contributed by atoms with van der Waals surface area (Å²) in [4.78, 5) is 16.2. The third-order valence-corrected chi connectivity index (χ3v) is 2.82. The van der Waals surface area contributed by atoms with Crippen LogP contribution in [0.4, 0.5) is 4.39 Å². The number of halogens is 1. The Morgan fingerprint density at radius 2 is 2.10 bits per heavy atom. The quantitative estimate of drug-likeness (QED) is 0.782. The summed E-state index contributed by atoms with van der Waals surface area (Å²) in [6.07, 6.45) is 3.82. The lowest BCUT2D eigenvalue weighted by atomic mass is 10.0. The molecule has 0 unspecified atom stereocenters. The molecule has 0 spiro atoms. The average Bonchev–Trinajstić information content (AvgIpc) is 2.45. The molecule has 1 aromatic carbocycles. The normalized spacial score (nSPS) is 10.3. The molecule has 2 aromatic rings. The second kappa shape index (κ2) is 6.28. The number of nitrogens with zero attached hydrogens (tertiary/aromatic N) is 1. The number of rotatable bonds is 5. The Morgan fingerprint density at radius 1 is 1.30 bits per heavy atom. The van der Waals surface area contributed by atoms with Crippen LogP contribution in [0.2, 0.25) is 0 Å². The minimum atomic E-state index is -0.519. The summed E-state index contributed by atoms with van der Waals surface area (Å²) in [5.41, 5.74) is 1.14. The number of ketones is 1. The van der Waals surface area contributed by atoms with Crippen LogP contribution in [0.5, 0.6) is 5.75 Å². The van der Waals surface area contributed by atoms with Crippen molar-refractivity contribution >= 4 is 5.78 Å². The number of aryl methyl sites for hydroxylation is 1. The Morgan fingerprint density at radius 3 is 2.80 bits per heavy atom. The molecule has 20 heavy (non-hydrogen) atoms. The lowest BCUT2D eigenvalue weighted by Crippen LogP contribution is -2.06. The molecule has 0 N–H and O–H groups in total. The van der Waals surface area contributed by atoms with Crippen LogP contribution in [-0.2, 0) is 0 Å². The first-order valence-electron chi connectivity index (χ1n) is 6.50. The van der Waals surface area contributed by atoms with Crippen molar-refractivity contribution in [1.29, 1.82) is 0 Å². The van der Waals surface area contributed by atoms with E-state index in [1.165, 1.54) is 24.5 Å². The van der Waals surface area contributed by atoms with Crippen molar-refractivity contribution in [1.82, 2.24) is 4.98 Å². The highest BCUT2D eigenvalue weighted by Crippen LogP contribution is 2.18. The fourth-order valence-corrected chi connectivity index (χ4v) is 1.80. The lowest BCUT2D eigenvalue weighted by Gasteiger charge is -2.07. The van der Waals surface area contributed by atoms with Gasteiger partial charge in [-0.05, 0) is 37.1 Å². The smallest absolute Gasteiger partial charge is 0.197 e. The van der Waals surface area contributed by atoms with Gasteiger partial charge in [-0.2, -0.15) is 0 Å². The Balaban J connectivity index is 2.28. The van der Waals surface area contributed by atoms with Gasteiger partial charge in [-0.3, -0.25) is 9.78 Å². The van der Waals surface area contributed by atoms with Gasteiger partial charge in [-0.1, -0.05) is 13.0 Å². The van der Waals surface area contributed by atoms with Gasteiger partial charge >= 0.3 is 0 Å². The minimum Gasteiger partial charge on any atom is -0.492 e. The maximum atomic E-state index is 13.8. The van der Waals surface area contributed by atoms with E-state index in [1.807, 2.05) is 6.92 Å². The highest BCUT2D eigenvalue weighted by molar-refractivity contribution is 6.09. The van der Waals surface area contributed by atoms with Gasteiger partial charge in [0.2, 0.25) is 0 Å². The monoisotopic (exact) mass is 273 g/mol. The van der Waals surface area contributed by atoms with Crippen LogP contribution in [0, 0.1) is 12.7 Å². The topological polar surface area (TPSA) is 39.2 Å². The van der Waals surface area contributed by atoms with Crippen LogP contribution >= 0.6 is 0 Å². The molecule has 0 amide bonds. The largest absolute Gasteiger partial charge is 0.492 e. The van der Waals surface area contributed by atoms with Gasteiger partial charge < -0.3 is 4.74 Å². The molecule has 0 fully saturated rings. The van der Waals surface area contributed by atoms with E-state index in [9.17, 15) is 9.18 Å². The number of carbonyl (C=O) groups excluding carboxylic acids is 1. The standard InChI is InChI=1S/C16H16FNO2/c1-3-6-20-13-8-12(9-18-10-13)16(19)14-5-4-11(2)7-15(14)17/h4-5,7-10H,3,6H2,1-2H3. The molecule has 1 aromatic heterocycles. The average molecular weight is 273 g/mol. The molecule has 0 aliphatic carbocycles. The lowest BCUT2D eigenvalue weighted by molar-refractivity contribution is 0.103. The van der Waals surface area contributed by atoms with Crippen LogP contribution < -0.4 is 4.74 Å². The second-order valence-electron chi connectivity index (χ2n) is 4.57. The van der Waals surface area contributed by atoms with Gasteiger partial charge in [0.05, 0.1) is 18.4 Å². The molecule has 0 saturated carbocycles. The number of benzene rings is 1. The van der Waals surface area contributed by atoms with Crippen molar-refractivity contribution in [3.8, 4) is 5.75 Å². The molecule has 0 saturated heterocycles. The molecular formula is C16H16FNO2. The summed E-state index contributed by atoms with van der Waals surface area (Å²) in [5.74, 6) is -0.392. The van der Waals surface area contributed by atoms with Crippen LogP contribution in [0.25, 0.3) is 0 Å². The Bertz CT molecular complexity index is 626. The number of carbonyl (C=O) groups is 1. The van der Waals surface area contributed by atoms with E-state index >= 15 is 0 Å². The fraction of sp³-hybridized carbons (Fsp3) is 0.250. The Labute approximate surface area is 117 Å². The van der Waals surface area contributed by atoms with E-state index in [4.69, 9.17) is 4.74 Å². The first-order chi connectivity index (χ1) is 9.61. The molecule has 104 valence electrons. The van der Waals surface area contributed by atoms with Crippen LogP contribution in [0.1, 0.15) is 34.8 Å². The van der Waals surface area contributed by atoms with Gasteiger partial charge in [0.1, 0.15) is 11.6 Å². The summed E-state index contributed by atoms with van der Waals surface area (Å²) in [7, 11) is 0. The minimum absolute atomic E-state index is 0.0463. The molecule has 4 heteroatoms. The van der Waals surface area contributed by atoms with Crippen molar-refractivity contribution in [2.24, 2.45) is 0 Å². The summed E-state index contributed by atoms with van der Waals surface area (Å²) in [6, 6.07) is 6.14. The van der Waals surface area contributed by atoms with Crippen molar-refractivity contribution in [3.05, 3.63) is 59.2 Å². The number of ether oxygens (including phenoxy) is 1. The van der Waals surface area contributed by atoms with Crippen LogP contribution in [0.15, 0.2) is 36.7 Å². The zero-order valence-electron chi connectivity index (χ0n) is 11.5. The van der Waals surface area contributed by atoms with Crippen LogP contribution in [-0.4, -0.2) is 17.4 Å². The van der Waals surface area contributed by atoms with E-state index in [0.29, 0.717) is 17.9 Å². The molecule has 3 nitrogen and oxygen atoms in total. The van der Waals surface area contributed by atoms with Crippen molar-refractivity contribution in [2.75, 3.05) is 6.61 Å². The summed E-state index contributed by atoms with van der Waals surface area (Å²) >= 11 is 0. The molecule has 0 bridgehead atoms. The zero-order valence-corrected chi connectivity index (χ0v) is 11.5. The predicted molar refractivity (Wildman–Crippen MR) is 74.6 cm³/mol. The molecule has 0 aliphatic rings. The highest BCUT2D eigenvalue weighted by atomic mass is 19.1.